The summed E-state index contributed by atoms with van der Waals surface area (Å²) in [4.78, 5) is 0. The van der Waals surface area contributed by atoms with Crippen LogP contribution in [0.15, 0.2) is 24.5 Å². The average Bonchev–Trinajstić information content (AvgIpc) is 2.82. The highest BCUT2D eigenvalue weighted by Gasteiger charge is 2.18. The number of benzene rings is 1. The van der Waals surface area contributed by atoms with E-state index in [1.165, 1.54) is 19.2 Å². The first-order chi connectivity index (χ1) is 9.02. The van der Waals surface area contributed by atoms with Crippen molar-refractivity contribution >= 4 is 0 Å². The van der Waals surface area contributed by atoms with Crippen LogP contribution in [0.25, 0.3) is 0 Å². The predicted molar refractivity (Wildman–Crippen MR) is 67.7 cm³/mol. The highest BCUT2D eigenvalue weighted by Crippen LogP contribution is 2.26. The molecule has 0 spiro atoms. The molecule has 5 heteroatoms. The largest absolute Gasteiger partial charge is 0.383 e. The Morgan fingerprint density at radius 2 is 2.05 bits per heavy atom. The number of aliphatic hydroxyl groups excluding tert-OH is 1. The van der Waals surface area contributed by atoms with Gasteiger partial charge in [-0.2, -0.15) is 5.10 Å². The summed E-state index contributed by atoms with van der Waals surface area (Å²) in [6.45, 7) is 4.28. The van der Waals surface area contributed by atoms with Gasteiger partial charge >= 0.3 is 0 Å². The van der Waals surface area contributed by atoms with Gasteiger partial charge in [-0.05, 0) is 25.0 Å². The summed E-state index contributed by atoms with van der Waals surface area (Å²) < 4.78 is 28.6. The van der Waals surface area contributed by atoms with Gasteiger partial charge in [-0.3, -0.25) is 4.68 Å². The Bertz CT molecular complexity index is 581. The van der Waals surface area contributed by atoms with E-state index in [1.54, 1.807) is 10.9 Å². The molecule has 2 aromatic rings. The molecule has 0 aliphatic heterocycles. The standard InChI is InChI=1S/C14H16F2N2O/c1-3-4-18-8-10(7-17-18)14(19)11-5-9(2)12(15)6-13(11)16/h5-8,14,19H,3-4H2,1-2H3. The van der Waals surface area contributed by atoms with Crippen molar-refractivity contribution in [2.45, 2.75) is 32.9 Å². The number of aromatic nitrogens is 2. The van der Waals surface area contributed by atoms with E-state index in [4.69, 9.17) is 0 Å². The van der Waals surface area contributed by atoms with E-state index in [0.29, 0.717) is 11.1 Å². The minimum Gasteiger partial charge on any atom is -0.383 e. The number of aliphatic hydroxyl groups is 1. The fourth-order valence-electron chi connectivity index (χ4n) is 1.94. The molecule has 0 saturated heterocycles. The number of halogens is 2. The van der Waals surface area contributed by atoms with Crippen LogP contribution >= 0.6 is 0 Å². The van der Waals surface area contributed by atoms with Gasteiger partial charge in [0.05, 0.1) is 6.20 Å². The van der Waals surface area contributed by atoms with Crippen molar-refractivity contribution in [1.29, 1.82) is 0 Å². The molecular weight excluding hydrogens is 250 g/mol. The molecule has 1 unspecified atom stereocenters. The minimum absolute atomic E-state index is 0.0648. The SMILES string of the molecule is CCCn1cc(C(O)c2cc(C)c(F)cc2F)cn1. The van der Waals surface area contributed by atoms with Crippen LogP contribution in [0.2, 0.25) is 0 Å². The Kier molecular flexibility index (Phi) is 3.95. The van der Waals surface area contributed by atoms with Gasteiger partial charge in [0, 0.05) is 29.9 Å². The van der Waals surface area contributed by atoms with E-state index in [0.717, 1.165) is 19.0 Å². The van der Waals surface area contributed by atoms with Crippen molar-refractivity contribution in [3.8, 4) is 0 Å². The third-order valence-corrected chi connectivity index (χ3v) is 2.99. The van der Waals surface area contributed by atoms with E-state index in [-0.39, 0.29) is 5.56 Å². The molecule has 1 aromatic heterocycles. The fraction of sp³-hybridized carbons (Fsp3) is 0.357. The third kappa shape index (κ3) is 2.81. The number of nitrogens with zero attached hydrogens (tertiary/aromatic N) is 2. The van der Waals surface area contributed by atoms with Gasteiger partial charge in [-0.15, -0.1) is 0 Å². The second-order valence-electron chi connectivity index (χ2n) is 4.56. The van der Waals surface area contributed by atoms with E-state index in [1.807, 2.05) is 6.92 Å². The minimum atomic E-state index is -1.13. The van der Waals surface area contributed by atoms with E-state index in [2.05, 4.69) is 5.10 Å². The van der Waals surface area contributed by atoms with Gasteiger partial charge in [0.15, 0.2) is 0 Å². The molecule has 19 heavy (non-hydrogen) atoms. The number of hydrogen-bond donors (Lipinski definition) is 1. The summed E-state index contributed by atoms with van der Waals surface area (Å²) >= 11 is 0. The number of rotatable bonds is 4. The monoisotopic (exact) mass is 266 g/mol. The fourth-order valence-corrected chi connectivity index (χ4v) is 1.94. The maximum absolute atomic E-state index is 13.7. The van der Waals surface area contributed by atoms with Crippen LogP contribution in [-0.2, 0) is 6.54 Å². The highest BCUT2D eigenvalue weighted by atomic mass is 19.1. The lowest BCUT2D eigenvalue weighted by molar-refractivity contribution is 0.214. The lowest BCUT2D eigenvalue weighted by atomic mass is 10.0. The van der Waals surface area contributed by atoms with E-state index in [9.17, 15) is 13.9 Å². The zero-order chi connectivity index (χ0) is 14.0. The molecule has 0 saturated carbocycles. The van der Waals surface area contributed by atoms with Gasteiger partial charge in [0.1, 0.15) is 17.7 Å². The van der Waals surface area contributed by atoms with Crippen molar-refractivity contribution in [3.05, 3.63) is 52.9 Å². The van der Waals surface area contributed by atoms with Crippen LogP contribution in [-0.4, -0.2) is 14.9 Å². The lowest BCUT2D eigenvalue weighted by Crippen LogP contribution is -2.04. The summed E-state index contributed by atoms with van der Waals surface area (Å²) in [6.07, 6.45) is 2.95. The molecule has 0 bridgehead atoms. The quantitative estimate of drug-likeness (QED) is 0.924. The predicted octanol–water partition coefficient (Wildman–Crippen LogP) is 2.96. The van der Waals surface area contributed by atoms with E-state index >= 15 is 0 Å². The van der Waals surface area contributed by atoms with Crippen molar-refractivity contribution in [1.82, 2.24) is 9.78 Å². The Morgan fingerprint density at radius 1 is 1.32 bits per heavy atom. The van der Waals surface area contributed by atoms with Crippen LogP contribution in [0, 0.1) is 18.6 Å². The van der Waals surface area contributed by atoms with Gasteiger partial charge in [-0.1, -0.05) is 6.92 Å². The summed E-state index contributed by atoms with van der Waals surface area (Å²) in [7, 11) is 0. The molecule has 1 heterocycles. The van der Waals surface area contributed by atoms with Crippen LogP contribution in [0.4, 0.5) is 8.78 Å². The van der Waals surface area contributed by atoms with Gasteiger partial charge in [-0.25, -0.2) is 8.78 Å². The maximum Gasteiger partial charge on any atom is 0.132 e. The van der Waals surface area contributed by atoms with Crippen molar-refractivity contribution < 1.29 is 13.9 Å². The summed E-state index contributed by atoms with van der Waals surface area (Å²) in [5, 5.41) is 14.2. The maximum atomic E-state index is 13.7. The molecule has 0 aliphatic rings. The molecule has 3 nitrogen and oxygen atoms in total. The Balaban J connectivity index is 2.32. The average molecular weight is 266 g/mol. The lowest BCUT2D eigenvalue weighted by Gasteiger charge is -2.11. The second kappa shape index (κ2) is 5.48. The number of hydrogen-bond acceptors (Lipinski definition) is 2. The van der Waals surface area contributed by atoms with Gasteiger partial charge in [0.25, 0.3) is 0 Å². The third-order valence-electron chi connectivity index (χ3n) is 2.99. The summed E-state index contributed by atoms with van der Waals surface area (Å²) in [5.74, 6) is -1.37. The normalized spacial score (nSPS) is 12.7. The number of aryl methyl sites for hydroxylation is 2. The summed E-state index contributed by atoms with van der Waals surface area (Å²) in [5.41, 5.74) is 0.865. The van der Waals surface area contributed by atoms with Crippen molar-refractivity contribution in [3.63, 3.8) is 0 Å². The first kappa shape index (κ1) is 13.7. The summed E-state index contributed by atoms with van der Waals surface area (Å²) in [6, 6.07) is 2.12. The van der Waals surface area contributed by atoms with Gasteiger partial charge in [0.2, 0.25) is 0 Å². The molecular formula is C14H16F2N2O. The molecule has 102 valence electrons. The first-order valence-corrected chi connectivity index (χ1v) is 6.19. The second-order valence-corrected chi connectivity index (χ2v) is 4.56. The first-order valence-electron chi connectivity index (χ1n) is 6.19. The van der Waals surface area contributed by atoms with Crippen LogP contribution in [0.3, 0.4) is 0 Å². The van der Waals surface area contributed by atoms with Crippen LogP contribution < -0.4 is 0 Å². The molecule has 1 atom stereocenters. The van der Waals surface area contributed by atoms with E-state index < -0.39 is 17.7 Å². The molecule has 0 fully saturated rings. The molecule has 0 amide bonds. The zero-order valence-corrected chi connectivity index (χ0v) is 10.9. The molecule has 2 rings (SSSR count). The smallest absolute Gasteiger partial charge is 0.132 e. The molecule has 1 N–H and O–H groups in total. The van der Waals surface area contributed by atoms with Crippen LogP contribution in [0.5, 0.6) is 0 Å². The Hall–Kier alpha value is -1.75. The van der Waals surface area contributed by atoms with Crippen LogP contribution in [0.1, 0.15) is 36.1 Å². The highest BCUT2D eigenvalue weighted by molar-refractivity contribution is 5.32. The molecule has 1 aromatic carbocycles. The topological polar surface area (TPSA) is 38.0 Å². The van der Waals surface area contributed by atoms with Crippen molar-refractivity contribution in [2.75, 3.05) is 0 Å². The van der Waals surface area contributed by atoms with Gasteiger partial charge < -0.3 is 5.11 Å². The zero-order valence-electron chi connectivity index (χ0n) is 10.9. The molecule has 0 radical (unpaired) electrons. The van der Waals surface area contributed by atoms with Crippen molar-refractivity contribution in [2.24, 2.45) is 0 Å². The Labute approximate surface area is 110 Å². The molecule has 0 aliphatic carbocycles. The Morgan fingerprint density at radius 3 is 2.74 bits per heavy atom.